The highest BCUT2D eigenvalue weighted by molar-refractivity contribution is 5.94. The first-order valence-corrected chi connectivity index (χ1v) is 11.4. The molecule has 172 valence electrons. The highest BCUT2D eigenvalue weighted by Gasteiger charge is 2.16. The molecular weight excluding hydrogens is 404 g/mol. The van der Waals surface area contributed by atoms with Gasteiger partial charge in [-0.15, -0.1) is 0 Å². The van der Waals surface area contributed by atoms with Gasteiger partial charge in [0.25, 0.3) is 5.91 Å². The third-order valence-corrected chi connectivity index (χ3v) is 5.89. The molecule has 2 aromatic rings. The fourth-order valence-corrected chi connectivity index (χ4v) is 3.92. The first kappa shape index (κ1) is 23.9. The third-order valence-electron chi connectivity index (χ3n) is 5.89. The maximum absolute atomic E-state index is 12.4. The van der Waals surface area contributed by atoms with E-state index in [9.17, 15) is 9.59 Å². The van der Waals surface area contributed by atoms with Crippen molar-refractivity contribution in [2.24, 2.45) is 0 Å². The van der Waals surface area contributed by atoms with Crippen molar-refractivity contribution in [1.82, 2.24) is 20.6 Å². The molecule has 1 heterocycles. The van der Waals surface area contributed by atoms with Crippen molar-refractivity contribution >= 4 is 11.8 Å². The van der Waals surface area contributed by atoms with Gasteiger partial charge in [-0.25, -0.2) is 5.48 Å². The number of hydrogen-bond acceptors (Lipinski definition) is 5. The number of nitrogens with one attached hydrogen (secondary N) is 2. The van der Waals surface area contributed by atoms with Crippen molar-refractivity contribution in [2.75, 3.05) is 32.7 Å². The van der Waals surface area contributed by atoms with Crippen LogP contribution >= 0.6 is 0 Å². The lowest BCUT2D eigenvalue weighted by molar-refractivity contribution is -0.129. The number of carbonyl (C=O) groups excluding carboxylic acids is 2. The molecule has 7 nitrogen and oxygen atoms in total. The van der Waals surface area contributed by atoms with E-state index in [0.29, 0.717) is 18.5 Å². The third kappa shape index (κ3) is 8.07. The summed E-state index contributed by atoms with van der Waals surface area (Å²) in [5, 5.41) is 11.5. The summed E-state index contributed by atoms with van der Waals surface area (Å²) >= 11 is 0. The second-order valence-electron chi connectivity index (χ2n) is 8.33. The molecule has 2 amide bonds. The number of rotatable bonds is 11. The minimum atomic E-state index is -0.306. The molecule has 3 N–H and O–H groups in total. The molecule has 0 atom stereocenters. The summed E-state index contributed by atoms with van der Waals surface area (Å²) < 4.78 is 0. The Morgan fingerprint density at radius 1 is 0.812 bits per heavy atom. The van der Waals surface area contributed by atoms with E-state index in [1.54, 1.807) is 5.48 Å². The van der Waals surface area contributed by atoms with Crippen LogP contribution in [0.4, 0.5) is 0 Å². The van der Waals surface area contributed by atoms with Crippen LogP contribution in [0.25, 0.3) is 0 Å². The highest BCUT2D eigenvalue weighted by Crippen LogP contribution is 2.12. The molecular formula is C25H34N4O3. The Hall–Kier alpha value is -2.74. The van der Waals surface area contributed by atoms with E-state index in [1.165, 1.54) is 5.56 Å². The largest absolute Gasteiger partial charge is 0.348 e. The summed E-state index contributed by atoms with van der Waals surface area (Å²) in [6, 6.07) is 17.8. The molecule has 1 aliphatic heterocycles. The van der Waals surface area contributed by atoms with Crippen LogP contribution in [0.1, 0.15) is 47.2 Å². The predicted molar refractivity (Wildman–Crippen MR) is 124 cm³/mol. The topological polar surface area (TPSA) is 84.9 Å². The number of unbranched alkanes of at least 4 members (excludes halogenated alkanes) is 2. The van der Waals surface area contributed by atoms with Crippen LogP contribution in [0.2, 0.25) is 0 Å². The fraction of sp³-hybridized carbons (Fsp3) is 0.440. The van der Waals surface area contributed by atoms with Gasteiger partial charge in [0.1, 0.15) is 0 Å². The summed E-state index contributed by atoms with van der Waals surface area (Å²) in [5.41, 5.74) is 4.67. The second kappa shape index (κ2) is 13.0. The average Bonchev–Trinajstić information content (AvgIpc) is 2.84. The van der Waals surface area contributed by atoms with Crippen molar-refractivity contribution in [2.45, 2.75) is 38.8 Å². The van der Waals surface area contributed by atoms with Crippen LogP contribution in [-0.2, 0) is 17.9 Å². The zero-order chi connectivity index (χ0) is 22.6. The molecule has 0 aliphatic carbocycles. The van der Waals surface area contributed by atoms with Gasteiger partial charge in [0, 0.05) is 51.3 Å². The molecule has 7 heteroatoms. The minimum Gasteiger partial charge on any atom is -0.348 e. The van der Waals surface area contributed by atoms with Gasteiger partial charge in [-0.1, -0.05) is 48.9 Å². The molecule has 1 saturated heterocycles. The molecule has 1 aliphatic rings. The standard InChI is InChI=1S/C25H34N4O3/c30-24(27-32)9-5-2-6-14-28-15-17-29(18-16-28)20-22-10-12-23(13-11-22)25(31)26-19-21-7-3-1-4-8-21/h1,3-4,7-8,10-13,32H,2,5-6,9,14-20H2,(H,26,31)(H,27,30). The van der Waals surface area contributed by atoms with Gasteiger partial charge in [-0.3, -0.25) is 19.7 Å². The Morgan fingerprint density at radius 3 is 2.19 bits per heavy atom. The Kier molecular flexibility index (Phi) is 9.68. The molecule has 0 saturated carbocycles. The summed E-state index contributed by atoms with van der Waals surface area (Å²) in [6.45, 7) is 6.66. The second-order valence-corrected chi connectivity index (χ2v) is 8.33. The van der Waals surface area contributed by atoms with Gasteiger partial charge < -0.3 is 10.2 Å². The van der Waals surface area contributed by atoms with E-state index in [1.807, 2.05) is 54.6 Å². The number of nitrogens with zero attached hydrogens (tertiary/aromatic N) is 2. The van der Waals surface area contributed by atoms with Crippen LogP contribution in [0.5, 0.6) is 0 Å². The first-order valence-electron chi connectivity index (χ1n) is 11.4. The lowest BCUT2D eigenvalue weighted by atomic mass is 10.1. The summed E-state index contributed by atoms with van der Waals surface area (Å²) in [4.78, 5) is 28.3. The zero-order valence-corrected chi connectivity index (χ0v) is 18.6. The van der Waals surface area contributed by atoms with E-state index in [-0.39, 0.29) is 11.8 Å². The van der Waals surface area contributed by atoms with Gasteiger partial charge in [0.2, 0.25) is 5.91 Å². The average molecular weight is 439 g/mol. The van der Waals surface area contributed by atoms with E-state index in [2.05, 4.69) is 15.1 Å². The number of hydroxylamine groups is 1. The lowest BCUT2D eigenvalue weighted by Crippen LogP contribution is -2.46. The van der Waals surface area contributed by atoms with Crippen LogP contribution < -0.4 is 10.8 Å². The Bertz CT molecular complexity index is 834. The van der Waals surface area contributed by atoms with Gasteiger partial charge in [-0.2, -0.15) is 0 Å². The summed E-state index contributed by atoms with van der Waals surface area (Å²) in [7, 11) is 0. The molecule has 0 radical (unpaired) electrons. The van der Waals surface area contributed by atoms with Crippen molar-refractivity contribution in [3.63, 3.8) is 0 Å². The van der Waals surface area contributed by atoms with Gasteiger partial charge in [0.05, 0.1) is 0 Å². The van der Waals surface area contributed by atoms with Gasteiger partial charge >= 0.3 is 0 Å². The minimum absolute atomic E-state index is 0.0500. The zero-order valence-electron chi connectivity index (χ0n) is 18.6. The quantitative estimate of drug-likeness (QED) is 0.285. The predicted octanol–water partition coefficient (Wildman–Crippen LogP) is 2.80. The smallest absolute Gasteiger partial charge is 0.251 e. The molecule has 3 rings (SSSR count). The Morgan fingerprint density at radius 2 is 1.50 bits per heavy atom. The van der Waals surface area contributed by atoms with Crippen LogP contribution in [0.3, 0.4) is 0 Å². The number of hydrogen-bond donors (Lipinski definition) is 3. The monoisotopic (exact) mass is 438 g/mol. The van der Waals surface area contributed by atoms with E-state index in [0.717, 1.165) is 64.1 Å². The number of piperazine rings is 1. The maximum atomic E-state index is 12.4. The van der Waals surface area contributed by atoms with Crippen LogP contribution in [0, 0.1) is 0 Å². The molecule has 0 aromatic heterocycles. The van der Waals surface area contributed by atoms with E-state index < -0.39 is 0 Å². The number of amides is 2. The molecule has 0 spiro atoms. The van der Waals surface area contributed by atoms with Gasteiger partial charge in [0.15, 0.2) is 0 Å². The molecule has 2 aromatic carbocycles. The van der Waals surface area contributed by atoms with Crippen molar-refractivity contribution in [1.29, 1.82) is 0 Å². The molecule has 32 heavy (non-hydrogen) atoms. The van der Waals surface area contributed by atoms with Crippen molar-refractivity contribution in [3.05, 3.63) is 71.3 Å². The molecule has 0 bridgehead atoms. The molecule has 0 unspecified atom stereocenters. The normalized spacial score (nSPS) is 14.8. The van der Waals surface area contributed by atoms with E-state index in [4.69, 9.17) is 5.21 Å². The SMILES string of the molecule is O=C(CCCCCN1CCN(Cc2ccc(C(=O)NCc3ccccc3)cc2)CC1)NO. The summed E-state index contributed by atoms with van der Waals surface area (Å²) in [6.07, 6.45) is 3.27. The van der Waals surface area contributed by atoms with Crippen LogP contribution in [0.15, 0.2) is 54.6 Å². The van der Waals surface area contributed by atoms with Gasteiger partial charge in [-0.05, 0) is 42.6 Å². The number of carbonyl (C=O) groups is 2. The van der Waals surface area contributed by atoms with Crippen molar-refractivity contribution < 1.29 is 14.8 Å². The Labute approximate surface area is 190 Å². The Balaban J connectivity index is 1.33. The van der Waals surface area contributed by atoms with E-state index >= 15 is 0 Å². The van der Waals surface area contributed by atoms with Crippen LogP contribution in [-0.4, -0.2) is 59.5 Å². The highest BCUT2D eigenvalue weighted by atomic mass is 16.5. The maximum Gasteiger partial charge on any atom is 0.251 e. The van der Waals surface area contributed by atoms with Crippen molar-refractivity contribution in [3.8, 4) is 0 Å². The lowest BCUT2D eigenvalue weighted by Gasteiger charge is -2.34. The summed E-state index contributed by atoms with van der Waals surface area (Å²) in [5.74, 6) is -0.356. The first-order chi connectivity index (χ1) is 15.6. The fourth-order valence-electron chi connectivity index (χ4n) is 3.92. The molecule has 1 fully saturated rings. The number of benzene rings is 2.